The van der Waals surface area contributed by atoms with Crippen LogP contribution in [0.5, 0.6) is 0 Å². The maximum absolute atomic E-state index is 14.1. The predicted octanol–water partition coefficient (Wildman–Crippen LogP) is 4.18. The second-order valence-electron chi connectivity index (χ2n) is 4.03. The van der Waals surface area contributed by atoms with Crippen LogP contribution < -0.4 is 5.32 Å². The van der Waals surface area contributed by atoms with E-state index in [0.29, 0.717) is 10.0 Å². The van der Waals surface area contributed by atoms with Crippen LogP contribution in [-0.4, -0.2) is 7.05 Å². The van der Waals surface area contributed by atoms with Crippen LogP contribution in [0.4, 0.5) is 13.2 Å². The highest BCUT2D eigenvalue weighted by Crippen LogP contribution is 2.29. The number of nitrogens with one attached hydrogen (secondary N) is 1. The summed E-state index contributed by atoms with van der Waals surface area (Å²) in [6, 6.07) is 7.35. The third-order valence-corrected chi connectivity index (χ3v) is 3.47. The molecule has 0 saturated heterocycles. The van der Waals surface area contributed by atoms with Crippen LogP contribution in [0.1, 0.15) is 17.2 Å². The lowest BCUT2D eigenvalue weighted by Crippen LogP contribution is -2.20. The highest BCUT2D eigenvalue weighted by molar-refractivity contribution is 9.10. The molecule has 0 amide bonds. The van der Waals surface area contributed by atoms with Crippen molar-refractivity contribution in [3.63, 3.8) is 0 Å². The van der Waals surface area contributed by atoms with Crippen LogP contribution in [0.3, 0.4) is 0 Å². The van der Waals surface area contributed by atoms with Crippen molar-refractivity contribution in [2.45, 2.75) is 6.04 Å². The van der Waals surface area contributed by atoms with Crippen LogP contribution >= 0.6 is 15.9 Å². The van der Waals surface area contributed by atoms with Crippen molar-refractivity contribution in [1.82, 2.24) is 5.32 Å². The van der Waals surface area contributed by atoms with Gasteiger partial charge in [0, 0.05) is 17.2 Å². The summed E-state index contributed by atoms with van der Waals surface area (Å²) in [4.78, 5) is 0. The van der Waals surface area contributed by atoms with Crippen LogP contribution in [0, 0.1) is 17.5 Å². The second kappa shape index (κ2) is 5.75. The van der Waals surface area contributed by atoms with Gasteiger partial charge in [-0.3, -0.25) is 0 Å². The second-order valence-corrected chi connectivity index (χ2v) is 4.88. The Hall–Kier alpha value is -1.33. The normalized spacial score (nSPS) is 12.5. The maximum Gasteiger partial charge on any atom is 0.142 e. The molecule has 0 bridgehead atoms. The zero-order valence-corrected chi connectivity index (χ0v) is 11.6. The van der Waals surface area contributed by atoms with E-state index in [2.05, 4.69) is 21.2 Å². The summed E-state index contributed by atoms with van der Waals surface area (Å²) in [5, 5.41) is 2.84. The van der Waals surface area contributed by atoms with E-state index in [1.807, 2.05) is 0 Å². The Morgan fingerprint density at radius 2 is 1.79 bits per heavy atom. The zero-order valence-electron chi connectivity index (χ0n) is 10.1. The fourth-order valence-electron chi connectivity index (χ4n) is 1.96. The van der Waals surface area contributed by atoms with Crippen molar-refractivity contribution >= 4 is 15.9 Å². The van der Waals surface area contributed by atoms with Crippen molar-refractivity contribution in [3.05, 3.63) is 69.4 Å². The Balaban J connectivity index is 2.53. The van der Waals surface area contributed by atoms with Crippen molar-refractivity contribution in [2.24, 2.45) is 0 Å². The first-order valence-corrected chi connectivity index (χ1v) is 6.40. The monoisotopic (exact) mass is 329 g/mol. The van der Waals surface area contributed by atoms with Crippen molar-refractivity contribution in [3.8, 4) is 0 Å². The maximum atomic E-state index is 14.1. The predicted molar refractivity (Wildman–Crippen MR) is 71.4 cm³/mol. The summed E-state index contributed by atoms with van der Waals surface area (Å²) in [7, 11) is 1.59. The van der Waals surface area contributed by atoms with E-state index in [9.17, 15) is 13.2 Å². The topological polar surface area (TPSA) is 12.0 Å². The van der Waals surface area contributed by atoms with Gasteiger partial charge >= 0.3 is 0 Å². The van der Waals surface area contributed by atoms with E-state index in [1.165, 1.54) is 6.07 Å². The molecule has 0 saturated carbocycles. The summed E-state index contributed by atoms with van der Waals surface area (Å²) in [5.74, 6) is -1.84. The molecule has 0 fully saturated rings. The van der Waals surface area contributed by atoms with E-state index in [4.69, 9.17) is 0 Å². The Morgan fingerprint density at radius 1 is 1.05 bits per heavy atom. The standard InChI is InChI=1S/C14H11BrF3N/c1-19-14(9-6-5-8(16)7-12(9)17)10-3-2-4-11(15)13(10)18/h2-7,14,19H,1H3. The van der Waals surface area contributed by atoms with Gasteiger partial charge in [-0.1, -0.05) is 18.2 Å². The molecule has 2 aromatic carbocycles. The van der Waals surface area contributed by atoms with Gasteiger partial charge in [-0.2, -0.15) is 0 Å². The van der Waals surface area contributed by atoms with Gasteiger partial charge in [-0.15, -0.1) is 0 Å². The fraction of sp³-hybridized carbons (Fsp3) is 0.143. The Morgan fingerprint density at radius 3 is 2.42 bits per heavy atom. The van der Waals surface area contributed by atoms with Gasteiger partial charge in [-0.25, -0.2) is 13.2 Å². The molecular formula is C14H11BrF3N. The smallest absolute Gasteiger partial charge is 0.142 e. The summed E-state index contributed by atoms with van der Waals surface area (Å²) in [6.45, 7) is 0. The minimum absolute atomic E-state index is 0.195. The number of rotatable bonds is 3. The molecule has 0 spiro atoms. The van der Waals surface area contributed by atoms with E-state index >= 15 is 0 Å². The molecule has 1 N–H and O–H groups in total. The fourth-order valence-corrected chi connectivity index (χ4v) is 2.34. The summed E-state index contributed by atoms with van der Waals surface area (Å²) < 4.78 is 41.1. The minimum atomic E-state index is -0.710. The largest absolute Gasteiger partial charge is 0.309 e. The van der Waals surface area contributed by atoms with E-state index in [0.717, 1.165) is 12.1 Å². The van der Waals surface area contributed by atoms with Crippen molar-refractivity contribution in [2.75, 3.05) is 7.05 Å². The van der Waals surface area contributed by atoms with Crippen LogP contribution in [0.15, 0.2) is 40.9 Å². The number of benzene rings is 2. The third-order valence-electron chi connectivity index (χ3n) is 2.85. The molecule has 19 heavy (non-hydrogen) atoms. The molecule has 0 aliphatic rings. The van der Waals surface area contributed by atoms with Gasteiger partial charge in [0.2, 0.25) is 0 Å². The van der Waals surface area contributed by atoms with E-state index < -0.39 is 23.5 Å². The molecule has 1 atom stereocenters. The summed E-state index contributed by atoms with van der Waals surface area (Å²) >= 11 is 3.09. The summed E-state index contributed by atoms with van der Waals surface area (Å²) in [5.41, 5.74) is 0.489. The van der Waals surface area contributed by atoms with Gasteiger partial charge in [0.1, 0.15) is 17.5 Å². The Labute approximate surface area is 117 Å². The van der Waals surface area contributed by atoms with Crippen LogP contribution in [0.2, 0.25) is 0 Å². The minimum Gasteiger partial charge on any atom is -0.309 e. The number of hydrogen-bond donors (Lipinski definition) is 1. The Bertz CT molecular complexity index is 601. The third kappa shape index (κ3) is 2.82. The lowest BCUT2D eigenvalue weighted by atomic mass is 9.98. The highest BCUT2D eigenvalue weighted by atomic mass is 79.9. The van der Waals surface area contributed by atoms with Crippen LogP contribution in [0.25, 0.3) is 0 Å². The quantitative estimate of drug-likeness (QED) is 0.890. The Kier molecular flexibility index (Phi) is 4.27. The lowest BCUT2D eigenvalue weighted by molar-refractivity contribution is 0.533. The molecule has 2 rings (SSSR count). The first-order chi connectivity index (χ1) is 9.04. The van der Waals surface area contributed by atoms with Gasteiger partial charge < -0.3 is 5.32 Å². The molecule has 1 unspecified atom stereocenters. The van der Waals surface area contributed by atoms with Gasteiger partial charge in [-0.05, 0) is 35.1 Å². The molecule has 2 aromatic rings. The van der Waals surface area contributed by atoms with Gasteiger partial charge in [0.05, 0.1) is 10.5 Å². The molecular weight excluding hydrogens is 319 g/mol. The SMILES string of the molecule is CNC(c1ccc(F)cc1F)c1cccc(Br)c1F. The summed E-state index contributed by atoms with van der Waals surface area (Å²) in [6.07, 6.45) is 0. The van der Waals surface area contributed by atoms with E-state index in [-0.39, 0.29) is 5.56 Å². The molecule has 5 heteroatoms. The van der Waals surface area contributed by atoms with E-state index in [1.54, 1.807) is 25.2 Å². The highest BCUT2D eigenvalue weighted by Gasteiger charge is 2.20. The average Bonchev–Trinajstić information content (AvgIpc) is 2.37. The van der Waals surface area contributed by atoms with Gasteiger partial charge in [0.25, 0.3) is 0 Å². The van der Waals surface area contributed by atoms with Gasteiger partial charge in [0.15, 0.2) is 0 Å². The molecule has 1 nitrogen and oxygen atoms in total. The number of halogens is 4. The first kappa shape index (κ1) is 14.1. The van der Waals surface area contributed by atoms with Crippen molar-refractivity contribution < 1.29 is 13.2 Å². The molecule has 0 aromatic heterocycles. The number of hydrogen-bond acceptors (Lipinski definition) is 1. The van der Waals surface area contributed by atoms with Crippen LogP contribution in [-0.2, 0) is 0 Å². The average molecular weight is 330 g/mol. The molecule has 0 aliphatic heterocycles. The first-order valence-electron chi connectivity index (χ1n) is 5.60. The molecule has 0 aliphatic carbocycles. The molecule has 100 valence electrons. The lowest BCUT2D eigenvalue weighted by Gasteiger charge is -2.19. The molecule has 0 heterocycles. The molecule has 0 radical (unpaired) electrons. The zero-order chi connectivity index (χ0) is 14.0. The van der Waals surface area contributed by atoms with Crippen molar-refractivity contribution in [1.29, 1.82) is 0 Å².